The zero-order valence-corrected chi connectivity index (χ0v) is 9.60. The van der Waals surface area contributed by atoms with E-state index in [1.165, 1.54) is 0 Å². The van der Waals surface area contributed by atoms with Gasteiger partial charge in [0.1, 0.15) is 11.5 Å². The van der Waals surface area contributed by atoms with Gasteiger partial charge in [-0.15, -0.1) is 0 Å². The lowest BCUT2D eigenvalue weighted by Crippen LogP contribution is -2.38. The highest BCUT2D eigenvalue weighted by molar-refractivity contribution is 7.80. The summed E-state index contributed by atoms with van der Waals surface area (Å²) in [5.41, 5.74) is 5.55. The first-order chi connectivity index (χ1) is 6.50. The van der Waals surface area contributed by atoms with Gasteiger partial charge in [-0.05, 0) is 33.0 Å². The van der Waals surface area contributed by atoms with Crippen molar-refractivity contribution in [1.29, 1.82) is 0 Å². The molecule has 0 saturated carbocycles. The van der Waals surface area contributed by atoms with Crippen LogP contribution in [-0.4, -0.2) is 23.0 Å². The Morgan fingerprint density at radius 1 is 1.64 bits per heavy atom. The van der Waals surface area contributed by atoms with Gasteiger partial charge >= 0.3 is 0 Å². The zero-order valence-electron chi connectivity index (χ0n) is 8.78. The molecule has 0 aromatic carbocycles. The second kappa shape index (κ2) is 4.57. The molecule has 0 spiro atoms. The van der Waals surface area contributed by atoms with Gasteiger partial charge in [0.15, 0.2) is 0 Å². The van der Waals surface area contributed by atoms with Gasteiger partial charge < -0.3 is 10.2 Å². The van der Waals surface area contributed by atoms with Crippen LogP contribution >= 0.6 is 12.2 Å². The Kier molecular flexibility index (Phi) is 3.66. The summed E-state index contributed by atoms with van der Waals surface area (Å²) in [6, 6.07) is 4.02. The molecule has 0 aliphatic heterocycles. The summed E-state index contributed by atoms with van der Waals surface area (Å²) in [5.74, 6) is 1.87. The van der Waals surface area contributed by atoms with Crippen LogP contribution in [-0.2, 0) is 6.54 Å². The summed E-state index contributed by atoms with van der Waals surface area (Å²) >= 11 is 4.92. The van der Waals surface area contributed by atoms with Crippen molar-refractivity contribution in [2.24, 2.45) is 5.73 Å². The van der Waals surface area contributed by atoms with Gasteiger partial charge in [-0.1, -0.05) is 12.2 Å². The van der Waals surface area contributed by atoms with E-state index in [2.05, 4.69) is 4.90 Å². The molecule has 3 nitrogen and oxygen atoms in total. The molecule has 0 aliphatic carbocycles. The van der Waals surface area contributed by atoms with E-state index in [4.69, 9.17) is 22.4 Å². The van der Waals surface area contributed by atoms with Gasteiger partial charge in [-0.25, -0.2) is 0 Å². The highest BCUT2D eigenvalue weighted by atomic mass is 32.1. The second-order valence-electron chi connectivity index (χ2n) is 3.51. The van der Waals surface area contributed by atoms with E-state index < -0.39 is 0 Å². The second-order valence-corrected chi connectivity index (χ2v) is 3.98. The van der Waals surface area contributed by atoms with Gasteiger partial charge in [0.05, 0.1) is 17.6 Å². The average Bonchev–Trinajstić information content (AvgIpc) is 2.49. The molecule has 0 fully saturated rings. The third-order valence-corrected chi connectivity index (χ3v) is 2.62. The van der Waals surface area contributed by atoms with Crippen LogP contribution in [0.3, 0.4) is 0 Å². The molecule has 1 atom stereocenters. The predicted molar refractivity (Wildman–Crippen MR) is 61.2 cm³/mol. The van der Waals surface area contributed by atoms with Crippen LogP contribution in [0.15, 0.2) is 16.5 Å². The lowest BCUT2D eigenvalue weighted by molar-refractivity contribution is 0.274. The van der Waals surface area contributed by atoms with Crippen LogP contribution < -0.4 is 5.73 Å². The molecule has 0 bridgehead atoms. The normalized spacial score (nSPS) is 13.1. The Labute approximate surface area is 89.9 Å². The first-order valence-electron chi connectivity index (χ1n) is 4.55. The van der Waals surface area contributed by atoms with Crippen molar-refractivity contribution in [1.82, 2.24) is 4.90 Å². The van der Waals surface area contributed by atoms with Crippen molar-refractivity contribution in [3.63, 3.8) is 0 Å². The molecule has 4 heteroatoms. The van der Waals surface area contributed by atoms with Crippen molar-refractivity contribution in [2.75, 3.05) is 7.05 Å². The van der Waals surface area contributed by atoms with E-state index in [0.29, 0.717) is 4.99 Å². The smallest absolute Gasteiger partial charge is 0.118 e. The number of furan rings is 1. The number of rotatable bonds is 4. The lowest BCUT2D eigenvalue weighted by Gasteiger charge is -2.22. The SMILES string of the molecule is Cc1ccc(CN(C)C(C)C(N)=S)o1. The number of nitrogens with zero attached hydrogens (tertiary/aromatic N) is 1. The van der Waals surface area contributed by atoms with Crippen LogP contribution in [0.1, 0.15) is 18.4 Å². The Morgan fingerprint density at radius 2 is 2.29 bits per heavy atom. The summed E-state index contributed by atoms with van der Waals surface area (Å²) in [6.07, 6.45) is 0. The number of hydrogen-bond acceptors (Lipinski definition) is 3. The molecule has 0 saturated heterocycles. The topological polar surface area (TPSA) is 42.4 Å². The fraction of sp³-hybridized carbons (Fsp3) is 0.500. The summed E-state index contributed by atoms with van der Waals surface area (Å²) in [6.45, 7) is 4.64. The first kappa shape index (κ1) is 11.2. The summed E-state index contributed by atoms with van der Waals surface area (Å²) in [5, 5.41) is 0. The third kappa shape index (κ3) is 2.82. The molecule has 1 rings (SSSR count). The van der Waals surface area contributed by atoms with Crippen LogP contribution in [0.2, 0.25) is 0 Å². The van der Waals surface area contributed by atoms with E-state index >= 15 is 0 Å². The molecule has 2 N–H and O–H groups in total. The molecule has 78 valence electrons. The standard InChI is InChI=1S/C10H16N2OS/c1-7-4-5-9(13-7)6-12(3)8(2)10(11)14/h4-5,8H,6H2,1-3H3,(H2,11,14). The monoisotopic (exact) mass is 212 g/mol. The Hall–Kier alpha value is -0.870. The molecule has 14 heavy (non-hydrogen) atoms. The quantitative estimate of drug-likeness (QED) is 0.771. The molecule has 1 aromatic rings. The van der Waals surface area contributed by atoms with Crippen molar-refractivity contribution in [3.05, 3.63) is 23.7 Å². The number of hydrogen-bond donors (Lipinski definition) is 1. The number of aryl methyl sites for hydroxylation is 1. The van der Waals surface area contributed by atoms with Crippen LogP contribution in [0.25, 0.3) is 0 Å². The van der Waals surface area contributed by atoms with Crippen molar-refractivity contribution >= 4 is 17.2 Å². The molecule has 0 amide bonds. The Balaban J connectivity index is 2.56. The van der Waals surface area contributed by atoms with Gasteiger partial charge in [0.2, 0.25) is 0 Å². The van der Waals surface area contributed by atoms with Gasteiger partial charge in [0.25, 0.3) is 0 Å². The number of likely N-dealkylation sites (N-methyl/N-ethyl adjacent to an activating group) is 1. The maximum absolute atomic E-state index is 5.55. The van der Waals surface area contributed by atoms with E-state index in [0.717, 1.165) is 18.1 Å². The summed E-state index contributed by atoms with van der Waals surface area (Å²) < 4.78 is 5.46. The highest BCUT2D eigenvalue weighted by Gasteiger charge is 2.13. The largest absolute Gasteiger partial charge is 0.465 e. The molecular weight excluding hydrogens is 196 g/mol. The minimum Gasteiger partial charge on any atom is -0.465 e. The van der Waals surface area contributed by atoms with Gasteiger partial charge in [0, 0.05) is 0 Å². The molecule has 1 heterocycles. The zero-order chi connectivity index (χ0) is 10.7. The van der Waals surface area contributed by atoms with Gasteiger partial charge in [-0.3, -0.25) is 4.90 Å². The summed E-state index contributed by atoms with van der Waals surface area (Å²) in [4.78, 5) is 2.57. The van der Waals surface area contributed by atoms with E-state index in [-0.39, 0.29) is 6.04 Å². The maximum atomic E-state index is 5.55. The van der Waals surface area contributed by atoms with Crippen LogP contribution in [0, 0.1) is 6.92 Å². The molecule has 0 aliphatic rings. The Bertz CT molecular complexity index is 322. The predicted octanol–water partition coefficient (Wildman–Crippen LogP) is 1.69. The molecule has 0 radical (unpaired) electrons. The van der Waals surface area contributed by atoms with Gasteiger partial charge in [-0.2, -0.15) is 0 Å². The molecular formula is C10H16N2OS. The number of thiocarbonyl (C=S) groups is 1. The maximum Gasteiger partial charge on any atom is 0.118 e. The van der Waals surface area contributed by atoms with Crippen molar-refractivity contribution in [3.8, 4) is 0 Å². The van der Waals surface area contributed by atoms with E-state index in [1.807, 2.05) is 33.0 Å². The van der Waals surface area contributed by atoms with Crippen LogP contribution in [0.4, 0.5) is 0 Å². The molecule has 1 unspecified atom stereocenters. The van der Waals surface area contributed by atoms with Crippen LogP contribution in [0.5, 0.6) is 0 Å². The fourth-order valence-corrected chi connectivity index (χ4v) is 1.35. The minimum absolute atomic E-state index is 0.0930. The third-order valence-electron chi connectivity index (χ3n) is 2.27. The molecule has 1 aromatic heterocycles. The summed E-state index contributed by atoms with van der Waals surface area (Å²) in [7, 11) is 1.97. The lowest BCUT2D eigenvalue weighted by atomic mass is 10.3. The Morgan fingerprint density at radius 3 is 2.71 bits per heavy atom. The highest BCUT2D eigenvalue weighted by Crippen LogP contribution is 2.10. The minimum atomic E-state index is 0.0930. The average molecular weight is 212 g/mol. The van der Waals surface area contributed by atoms with Crippen molar-refractivity contribution < 1.29 is 4.42 Å². The first-order valence-corrected chi connectivity index (χ1v) is 4.96. The van der Waals surface area contributed by atoms with E-state index in [1.54, 1.807) is 0 Å². The van der Waals surface area contributed by atoms with Crippen molar-refractivity contribution in [2.45, 2.75) is 26.4 Å². The fourth-order valence-electron chi connectivity index (χ4n) is 1.17. The number of nitrogens with two attached hydrogens (primary N) is 1. The van der Waals surface area contributed by atoms with E-state index in [9.17, 15) is 0 Å².